The van der Waals surface area contributed by atoms with E-state index in [1.165, 1.54) is 17.7 Å². The number of aryl methyl sites for hydroxylation is 1. The standard InChI is InChI=1S/C14H24N2/c1-5-13-9-6-7-10-14(13)16(4)12-8-11-15(2)3/h6-7,9-10H,5,8,11-12H2,1-4H3. The van der Waals surface area contributed by atoms with E-state index in [-0.39, 0.29) is 0 Å². The fraction of sp³-hybridized carbons (Fsp3) is 0.571. The lowest BCUT2D eigenvalue weighted by Gasteiger charge is -2.23. The summed E-state index contributed by atoms with van der Waals surface area (Å²) in [5, 5.41) is 0. The predicted octanol–water partition coefficient (Wildman–Crippen LogP) is 2.64. The van der Waals surface area contributed by atoms with Crippen molar-refractivity contribution in [2.24, 2.45) is 0 Å². The molecule has 0 aliphatic rings. The molecule has 1 aromatic rings. The second-order valence-electron chi connectivity index (χ2n) is 4.56. The summed E-state index contributed by atoms with van der Waals surface area (Å²) < 4.78 is 0. The number of rotatable bonds is 6. The third kappa shape index (κ3) is 3.86. The van der Waals surface area contributed by atoms with Crippen LogP contribution in [-0.2, 0) is 6.42 Å². The van der Waals surface area contributed by atoms with E-state index in [0.29, 0.717) is 0 Å². The van der Waals surface area contributed by atoms with Crippen LogP contribution in [0.25, 0.3) is 0 Å². The molecule has 0 atom stereocenters. The van der Waals surface area contributed by atoms with Crippen molar-refractivity contribution in [2.75, 3.05) is 39.1 Å². The maximum Gasteiger partial charge on any atom is 0.0396 e. The smallest absolute Gasteiger partial charge is 0.0396 e. The van der Waals surface area contributed by atoms with E-state index in [4.69, 9.17) is 0 Å². The minimum atomic E-state index is 1.11. The van der Waals surface area contributed by atoms with Crippen LogP contribution in [0, 0.1) is 0 Å². The van der Waals surface area contributed by atoms with Gasteiger partial charge < -0.3 is 9.80 Å². The molecular weight excluding hydrogens is 196 g/mol. The Labute approximate surface area is 99.9 Å². The lowest BCUT2D eigenvalue weighted by atomic mass is 10.1. The lowest BCUT2D eigenvalue weighted by Crippen LogP contribution is -2.24. The molecule has 0 bridgehead atoms. The third-order valence-corrected chi connectivity index (χ3v) is 2.88. The Hall–Kier alpha value is -1.02. The molecule has 0 aromatic heterocycles. The number of para-hydroxylation sites is 1. The van der Waals surface area contributed by atoms with E-state index in [1.807, 2.05) is 0 Å². The minimum Gasteiger partial charge on any atom is -0.374 e. The van der Waals surface area contributed by atoms with Crippen molar-refractivity contribution in [3.63, 3.8) is 0 Å². The summed E-state index contributed by atoms with van der Waals surface area (Å²) in [7, 11) is 6.43. The molecular formula is C14H24N2. The van der Waals surface area contributed by atoms with Crippen molar-refractivity contribution >= 4 is 5.69 Å². The van der Waals surface area contributed by atoms with Crippen LogP contribution in [-0.4, -0.2) is 39.1 Å². The SMILES string of the molecule is CCc1ccccc1N(C)CCCN(C)C. The Morgan fingerprint density at radius 1 is 1.00 bits per heavy atom. The average molecular weight is 220 g/mol. The molecule has 1 aromatic carbocycles. The van der Waals surface area contributed by atoms with E-state index in [0.717, 1.165) is 19.5 Å². The number of benzene rings is 1. The summed E-state index contributed by atoms with van der Waals surface area (Å²) in [5.74, 6) is 0. The first-order valence-electron chi connectivity index (χ1n) is 6.09. The normalized spacial score (nSPS) is 10.8. The van der Waals surface area contributed by atoms with Gasteiger partial charge in [-0.25, -0.2) is 0 Å². The molecule has 0 heterocycles. The quantitative estimate of drug-likeness (QED) is 0.727. The summed E-state index contributed by atoms with van der Waals surface area (Å²) in [6.07, 6.45) is 2.32. The van der Waals surface area contributed by atoms with Crippen LogP contribution in [0.2, 0.25) is 0 Å². The lowest BCUT2D eigenvalue weighted by molar-refractivity contribution is 0.401. The molecule has 0 N–H and O–H groups in total. The van der Waals surface area contributed by atoms with Crippen LogP contribution in [0.5, 0.6) is 0 Å². The molecule has 0 saturated carbocycles. The molecule has 0 amide bonds. The maximum atomic E-state index is 2.36. The highest BCUT2D eigenvalue weighted by atomic mass is 15.1. The molecule has 1 rings (SSSR count). The average Bonchev–Trinajstić information content (AvgIpc) is 2.28. The maximum absolute atomic E-state index is 2.36. The second kappa shape index (κ2) is 6.54. The van der Waals surface area contributed by atoms with E-state index in [2.05, 4.69) is 62.1 Å². The van der Waals surface area contributed by atoms with Gasteiger partial charge in [0.25, 0.3) is 0 Å². The van der Waals surface area contributed by atoms with E-state index < -0.39 is 0 Å². The molecule has 0 radical (unpaired) electrons. The molecule has 16 heavy (non-hydrogen) atoms. The molecule has 0 spiro atoms. The predicted molar refractivity (Wildman–Crippen MR) is 72.3 cm³/mol. The van der Waals surface area contributed by atoms with Crippen molar-refractivity contribution in [1.29, 1.82) is 0 Å². The van der Waals surface area contributed by atoms with E-state index in [1.54, 1.807) is 0 Å². The second-order valence-corrected chi connectivity index (χ2v) is 4.56. The van der Waals surface area contributed by atoms with Crippen LogP contribution in [0.3, 0.4) is 0 Å². The summed E-state index contributed by atoms with van der Waals surface area (Å²) in [6.45, 7) is 4.49. The number of hydrogen-bond acceptors (Lipinski definition) is 2. The van der Waals surface area contributed by atoms with Crippen molar-refractivity contribution in [3.8, 4) is 0 Å². The summed E-state index contributed by atoms with van der Waals surface area (Å²) in [5.41, 5.74) is 2.82. The molecule has 0 unspecified atom stereocenters. The zero-order valence-electron chi connectivity index (χ0n) is 11.0. The van der Waals surface area contributed by atoms with Crippen molar-refractivity contribution in [3.05, 3.63) is 29.8 Å². The van der Waals surface area contributed by atoms with Crippen molar-refractivity contribution in [1.82, 2.24) is 4.90 Å². The number of anilines is 1. The van der Waals surface area contributed by atoms with Crippen LogP contribution >= 0.6 is 0 Å². The van der Waals surface area contributed by atoms with Gasteiger partial charge in [-0.3, -0.25) is 0 Å². The zero-order valence-corrected chi connectivity index (χ0v) is 11.0. The van der Waals surface area contributed by atoms with Gasteiger partial charge in [-0.2, -0.15) is 0 Å². The van der Waals surface area contributed by atoms with Gasteiger partial charge in [-0.05, 0) is 45.1 Å². The van der Waals surface area contributed by atoms with E-state index in [9.17, 15) is 0 Å². The first-order chi connectivity index (χ1) is 7.65. The summed E-state index contributed by atoms with van der Waals surface area (Å²) in [6, 6.07) is 8.68. The van der Waals surface area contributed by atoms with E-state index >= 15 is 0 Å². The zero-order chi connectivity index (χ0) is 12.0. The summed E-state index contributed by atoms with van der Waals surface area (Å²) >= 11 is 0. The summed E-state index contributed by atoms with van der Waals surface area (Å²) in [4.78, 5) is 4.60. The van der Waals surface area contributed by atoms with Gasteiger partial charge in [0.2, 0.25) is 0 Å². The Morgan fingerprint density at radius 2 is 1.69 bits per heavy atom. The van der Waals surface area contributed by atoms with Gasteiger partial charge in [-0.1, -0.05) is 25.1 Å². The molecule has 0 saturated heterocycles. The van der Waals surface area contributed by atoms with Crippen LogP contribution in [0.4, 0.5) is 5.69 Å². The molecule has 0 aliphatic heterocycles. The third-order valence-electron chi connectivity index (χ3n) is 2.88. The highest BCUT2D eigenvalue weighted by molar-refractivity contribution is 5.52. The van der Waals surface area contributed by atoms with Gasteiger partial charge in [0.15, 0.2) is 0 Å². The Bertz CT molecular complexity index is 307. The van der Waals surface area contributed by atoms with Crippen LogP contribution in [0.15, 0.2) is 24.3 Å². The van der Waals surface area contributed by atoms with Crippen molar-refractivity contribution < 1.29 is 0 Å². The van der Waals surface area contributed by atoms with Gasteiger partial charge in [0.05, 0.1) is 0 Å². The Balaban J connectivity index is 2.55. The van der Waals surface area contributed by atoms with Gasteiger partial charge >= 0.3 is 0 Å². The Kier molecular flexibility index (Phi) is 5.33. The molecule has 2 heteroatoms. The monoisotopic (exact) mass is 220 g/mol. The highest BCUT2D eigenvalue weighted by Gasteiger charge is 2.04. The first-order valence-corrected chi connectivity index (χ1v) is 6.09. The Morgan fingerprint density at radius 3 is 2.31 bits per heavy atom. The number of hydrogen-bond donors (Lipinski definition) is 0. The first kappa shape index (κ1) is 13.0. The van der Waals surface area contributed by atoms with Crippen LogP contribution in [0.1, 0.15) is 18.9 Å². The van der Waals surface area contributed by atoms with Gasteiger partial charge in [0.1, 0.15) is 0 Å². The fourth-order valence-corrected chi connectivity index (χ4v) is 1.93. The van der Waals surface area contributed by atoms with Crippen LogP contribution < -0.4 is 4.90 Å². The minimum absolute atomic E-state index is 1.11. The molecule has 2 nitrogen and oxygen atoms in total. The van der Waals surface area contributed by atoms with Gasteiger partial charge in [0, 0.05) is 19.3 Å². The molecule has 0 fully saturated rings. The fourth-order valence-electron chi connectivity index (χ4n) is 1.93. The largest absolute Gasteiger partial charge is 0.374 e. The molecule has 90 valence electrons. The van der Waals surface area contributed by atoms with Gasteiger partial charge in [-0.15, -0.1) is 0 Å². The highest BCUT2D eigenvalue weighted by Crippen LogP contribution is 2.19. The number of nitrogens with zero attached hydrogens (tertiary/aromatic N) is 2. The molecule has 0 aliphatic carbocycles. The van der Waals surface area contributed by atoms with Crippen molar-refractivity contribution in [2.45, 2.75) is 19.8 Å². The topological polar surface area (TPSA) is 6.48 Å².